The number of aliphatic hydroxyl groups is 1. The van der Waals surface area contributed by atoms with Crippen LogP contribution in [0.2, 0.25) is 15.1 Å². The summed E-state index contributed by atoms with van der Waals surface area (Å²) < 4.78 is 10.6. The molecule has 1 aliphatic heterocycles. The molecular formula is C31H38BCl5O3U. The van der Waals surface area contributed by atoms with Gasteiger partial charge in [0.2, 0.25) is 0 Å². The number of carbonyl (C=O) groups is 1. The van der Waals surface area contributed by atoms with Crippen LogP contribution in [-0.4, -0.2) is 49.7 Å². The Morgan fingerprint density at radius 1 is 0.854 bits per heavy atom. The van der Waals surface area contributed by atoms with Gasteiger partial charge in [-0.2, -0.15) is 0 Å². The minimum absolute atomic E-state index is 0. The summed E-state index contributed by atoms with van der Waals surface area (Å²) in [7, 11) is 3.75. The predicted molar refractivity (Wildman–Crippen MR) is 175 cm³/mol. The third-order valence-corrected chi connectivity index (χ3v) is 7.56. The third-order valence-electron chi connectivity index (χ3n) is 5.82. The standard InChI is InChI=1S/C10H12Cl2O.C10H10Cl2O.C10H11ClO.CH4.BH.U/c2*1-7(13)10(12)6-8-2-4-9(11)5-3-8;1-7-10(12-7)6-8-2-4-9(11)5-3-8;;;/h2-5,7,10,13H,6H2,1H3;2-5,10H,6H2,1H3;2-5,7,10H,6H2,1H3;1H4;1H;/t7-,10+;;7-,10-;;;/m0.0.../s1/i;;;;1D;. The Balaban J connectivity index is 0. The first-order chi connectivity index (χ1) is 18.9. The normalized spacial score (nSPS) is 17.0. The third kappa shape index (κ3) is 18.3. The number of aliphatic hydroxyl groups excluding tert-OH is 1. The molecule has 2 radical (unpaired) electrons. The van der Waals surface area contributed by atoms with Crippen molar-refractivity contribution in [2.24, 2.45) is 0 Å². The molecule has 0 saturated carbocycles. The molecule has 3 aromatic rings. The Morgan fingerprint density at radius 3 is 1.51 bits per heavy atom. The molecule has 1 fully saturated rings. The van der Waals surface area contributed by atoms with E-state index in [0.717, 1.165) is 22.6 Å². The van der Waals surface area contributed by atoms with Crippen LogP contribution in [0.25, 0.3) is 0 Å². The van der Waals surface area contributed by atoms with Crippen LogP contribution < -0.4 is 0 Å². The molecule has 1 aliphatic rings. The Bertz CT molecular complexity index is 1120. The molecule has 0 bridgehead atoms. The van der Waals surface area contributed by atoms with Crippen LogP contribution in [-0.2, 0) is 28.8 Å². The number of hydrogen-bond acceptors (Lipinski definition) is 3. The molecule has 1 heterocycles. The number of rotatable bonds is 8. The van der Waals surface area contributed by atoms with Gasteiger partial charge in [-0.15, -0.1) is 23.2 Å². The van der Waals surface area contributed by atoms with Gasteiger partial charge in [0, 0.05) is 61.0 Å². The Hall–Kier alpha value is -0.183. The second-order valence-corrected chi connectivity index (χ2v) is 11.6. The average molecular weight is 886 g/mol. The van der Waals surface area contributed by atoms with Crippen molar-refractivity contribution >= 4 is 72.2 Å². The Kier molecular flexibility index (Phi) is 22.2. The number of carbonyl (C=O) groups excluding carboxylic acids is 1. The van der Waals surface area contributed by atoms with Crippen LogP contribution in [0.3, 0.4) is 0 Å². The maximum atomic E-state index is 10.9. The van der Waals surface area contributed by atoms with Crippen molar-refractivity contribution < 1.29 is 45.8 Å². The van der Waals surface area contributed by atoms with Crippen LogP contribution in [0.1, 0.15) is 44.9 Å². The molecule has 222 valence electrons. The van der Waals surface area contributed by atoms with Crippen molar-refractivity contribution in [3.8, 4) is 0 Å². The predicted octanol–water partition coefficient (Wildman–Crippen LogP) is 8.61. The molecule has 1 saturated heterocycles. The van der Waals surface area contributed by atoms with Gasteiger partial charge in [0.05, 0.1) is 29.1 Å². The van der Waals surface area contributed by atoms with Gasteiger partial charge in [0.25, 0.3) is 0 Å². The zero-order chi connectivity index (χ0) is 30.2. The van der Waals surface area contributed by atoms with Gasteiger partial charge in [-0.05, 0) is 88.0 Å². The summed E-state index contributed by atoms with van der Waals surface area (Å²) in [5, 5.41) is 10.7. The summed E-state index contributed by atoms with van der Waals surface area (Å²) in [5.41, 5.74) is 3.42. The molecule has 0 aliphatic carbocycles. The molecular weight excluding hydrogens is 846 g/mol. The van der Waals surface area contributed by atoms with Crippen molar-refractivity contribution in [3.63, 3.8) is 0 Å². The van der Waals surface area contributed by atoms with Gasteiger partial charge in [-0.3, -0.25) is 4.79 Å². The van der Waals surface area contributed by atoms with Gasteiger partial charge in [-0.1, -0.05) is 78.6 Å². The molecule has 5 atom stereocenters. The number of alkyl halides is 2. The molecule has 10 heteroatoms. The maximum Gasteiger partial charge on any atom is 0.147 e. The van der Waals surface area contributed by atoms with E-state index >= 15 is 0 Å². The summed E-state index contributed by atoms with van der Waals surface area (Å²) >= 11 is 28.9. The molecule has 1 unspecified atom stereocenters. The smallest absolute Gasteiger partial charge is 0.147 e. The first-order valence-corrected chi connectivity index (χ1v) is 14.3. The number of Topliss-reactive ketones (excluding diaryl/α,β-unsaturated/α-hetero) is 1. The fourth-order valence-electron chi connectivity index (χ4n) is 3.28. The summed E-state index contributed by atoms with van der Waals surface area (Å²) in [5.74, 6) is -0.00313. The quantitative estimate of drug-likeness (QED) is 0.140. The van der Waals surface area contributed by atoms with Crippen LogP contribution in [0.5, 0.6) is 0 Å². The number of epoxide rings is 1. The van der Waals surface area contributed by atoms with E-state index in [-0.39, 0.29) is 49.7 Å². The van der Waals surface area contributed by atoms with Gasteiger partial charge in [0.1, 0.15) is 5.78 Å². The van der Waals surface area contributed by atoms with E-state index in [1.807, 2.05) is 48.5 Å². The Labute approximate surface area is 297 Å². The molecule has 0 spiro atoms. The van der Waals surface area contributed by atoms with Crippen molar-refractivity contribution in [1.82, 2.24) is 0 Å². The van der Waals surface area contributed by atoms with E-state index in [2.05, 4.69) is 27.4 Å². The fourth-order valence-corrected chi connectivity index (χ4v) is 4.02. The summed E-state index contributed by atoms with van der Waals surface area (Å²) in [6.07, 6.45) is 2.63. The van der Waals surface area contributed by atoms with Crippen molar-refractivity contribution in [3.05, 3.63) is 105 Å². The first-order valence-electron chi connectivity index (χ1n) is 12.9. The molecule has 0 aromatic heterocycles. The second kappa shape index (κ2) is 22.3. The van der Waals surface area contributed by atoms with Crippen LogP contribution in [0.4, 0.5) is 0 Å². The number of ether oxygens (including phenoxy) is 1. The van der Waals surface area contributed by atoms with E-state index in [9.17, 15) is 9.90 Å². The molecule has 4 rings (SSSR count). The van der Waals surface area contributed by atoms with E-state index in [4.69, 9.17) is 64.1 Å². The van der Waals surface area contributed by atoms with Crippen LogP contribution >= 0.6 is 58.0 Å². The fraction of sp³-hybridized carbons (Fsp3) is 0.387. The van der Waals surface area contributed by atoms with E-state index < -0.39 is 11.5 Å². The minimum atomic E-state index is -0.489. The van der Waals surface area contributed by atoms with E-state index in [1.54, 1.807) is 19.1 Å². The Morgan fingerprint density at radius 2 is 1.20 bits per heavy atom. The summed E-state index contributed by atoms with van der Waals surface area (Å²) in [4.78, 5) is 10.9. The minimum Gasteiger partial charge on any atom is -0.392 e. The topological polar surface area (TPSA) is 49.8 Å². The van der Waals surface area contributed by atoms with Crippen molar-refractivity contribution in [1.29, 1.82) is 1.34 Å². The maximum absolute atomic E-state index is 10.9. The largest absolute Gasteiger partial charge is 0.392 e. The number of benzene rings is 3. The SMILES string of the molecule is C.CC(=O)C(Cl)Cc1ccc(Cl)cc1.C[C@@H]1O[C@H]1Cc1ccc(Cl)cc1.C[C@H](O)[C@H](Cl)Cc1ccc(Cl)cc1.[2H][B].[U]. The van der Waals surface area contributed by atoms with Gasteiger partial charge < -0.3 is 9.84 Å². The van der Waals surface area contributed by atoms with E-state index in [1.165, 1.54) is 12.5 Å². The summed E-state index contributed by atoms with van der Waals surface area (Å²) in [6.45, 7) is 5.28. The van der Waals surface area contributed by atoms with Gasteiger partial charge in [-0.25, -0.2) is 0 Å². The van der Waals surface area contributed by atoms with Crippen molar-refractivity contribution in [2.75, 3.05) is 0 Å². The van der Waals surface area contributed by atoms with Crippen molar-refractivity contribution in [2.45, 2.75) is 76.5 Å². The first kappa shape index (κ1) is 40.8. The molecule has 3 nitrogen and oxygen atoms in total. The van der Waals surface area contributed by atoms with Gasteiger partial charge in [0.15, 0.2) is 0 Å². The molecule has 41 heavy (non-hydrogen) atoms. The van der Waals surface area contributed by atoms with Crippen LogP contribution in [0, 0.1) is 31.1 Å². The monoisotopic (exact) mass is 883 g/mol. The zero-order valence-electron chi connectivity index (χ0n) is 23.7. The summed E-state index contributed by atoms with van der Waals surface area (Å²) in [6, 6.07) is 22.8. The van der Waals surface area contributed by atoms with Crippen LogP contribution in [0.15, 0.2) is 72.8 Å². The number of hydrogen-bond donors (Lipinski definition) is 1. The number of ketones is 1. The van der Waals surface area contributed by atoms with E-state index in [0.29, 0.717) is 35.1 Å². The van der Waals surface area contributed by atoms with Gasteiger partial charge >= 0.3 is 0 Å². The molecule has 1 N–H and O–H groups in total. The zero-order valence-corrected chi connectivity index (χ0v) is 30.6. The number of halogens is 5. The second-order valence-electron chi connectivity index (χ2n) is 9.21. The molecule has 3 aromatic carbocycles. The average Bonchev–Trinajstić information content (AvgIpc) is 3.63. The molecule has 0 amide bonds.